The van der Waals surface area contributed by atoms with Crippen LogP contribution in [0.5, 0.6) is 0 Å². The highest BCUT2D eigenvalue weighted by molar-refractivity contribution is 5.87. The van der Waals surface area contributed by atoms with Gasteiger partial charge in [-0.15, -0.1) is 0 Å². The molecule has 2 heteroatoms. The van der Waals surface area contributed by atoms with E-state index >= 15 is 0 Å². The molecule has 0 aromatic carbocycles. The topological polar surface area (TPSA) is 26.3 Å². The van der Waals surface area contributed by atoms with Crippen molar-refractivity contribution in [1.82, 2.24) is 0 Å². The molecule has 1 atom stereocenters. The van der Waals surface area contributed by atoms with Crippen molar-refractivity contribution in [2.45, 2.75) is 118 Å². The minimum Gasteiger partial charge on any atom is -0.462 e. The van der Waals surface area contributed by atoms with E-state index in [9.17, 15) is 4.79 Å². The van der Waals surface area contributed by atoms with Gasteiger partial charge in [0.1, 0.15) is 0 Å². The zero-order valence-corrected chi connectivity index (χ0v) is 18.4. The first-order valence-corrected chi connectivity index (χ1v) is 11.4. The van der Waals surface area contributed by atoms with E-state index in [0.29, 0.717) is 6.61 Å². The fraction of sp³-hybridized carbons (Fsp3) is 0.875. The third-order valence-electron chi connectivity index (χ3n) is 5.50. The molecule has 0 heterocycles. The Morgan fingerprint density at radius 3 is 2.08 bits per heavy atom. The maximum Gasteiger partial charge on any atom is 0.333 e. The second-order valence-electron chi connectivity index (χ2n) is 8.19. The molecule has 0 N–H and O–H groups in total. The van der Waals surface area contributed by atoms with E-state index in [1.54, 1.807) is 0 Å². The minimum atomic E-state index is -0.124. The number of unbranched alkanes of at least 4 members (excludes halogenated alkanes) is 9. The SMILES string of the molecule is CCCCCCCCCCOC(=O)/C(C)=C/CCCCC(CC)C(C)C. The summed E-state index contributed by atoms with van der Waals surface area (Å²) in [5.41, 5.74) is 0.778. The number of allylic oxidation sites excluding steroid dienone is 1. The van der Waals surface area contributed by atoms with Crippen LogP contribution in [0.15, 0.2) is 11.6 Å². The van der Waals surface area contributed by atoms with Crippen molar-refractivity contribution in [3.8, 4) is 0 Å². The second-order valence-corrected chi connectivity index (χ2v) is 8.19. The average Bonchev–Trinajstić information content (AvgIpc) is 2.62. The number of esters is 1. The van der Waals surface area contributed by atoms with Crippen LogP contribution >= 0.6 is 0 Å². The van der Waals surface area contributed by atoms with Gasteiger partial charge >= 0.3 is 5.97 Å². The van der Waals surface area contributed by atoms with Crippen molar-refractivity contribution in [2.75, 3.05) is 6.61 Å². The minimum absolute atomic E-state index is 0.124. The second kappa shape index (κ2) is 17.6. The number of hydrogen-bond donors (Lipinski definition) is 0. The summed E-state index contributed by atoms with van der Waals surface area (Å²) in [4.78, 5) is 12.0. The Hall–Kier alpha value is -0.790. The highest BCUT2D eigenvalue weighted by atomic mass is 16.5. The lowest BCUT2D eigenvalue weighted by molar-refractivity contribution is -0.139. The van der Waals surface area contributed by atoms with Gasteiger partial charge in [0.25, 0.3) is 0 Å². The first kappa shape index (κ1) is 25.2. The molecule has 0 amide bonds. The van der Waals surface area contributed by atoms with E-state index in [1.165, 1.54) is 70.6 Å². The van der Waals surface area contributed by atoms with E-state index in [-0.39, 0.29) is 5.97 Å². The summed E-state index contributed by atoms with van der Waals surface area (Å²) < 4.78 is 5.39. The molecule has 0 aromatic heterocycles. The van der Waals surface area contributed by atoms with E-state index in [2.05, 4.69) is 33.8 Å². The molecule has 0 bridgehead atoms. The number of hydrogen-bond acceptors (Lipinski definition) is 2. The van der Waals surface area contributed by atoms with E-state index in [1.807, 2.05) is 6.92 Å². The quantitative estimate of drug-likeness (QED) is 0.149. The molecule has 0 rings (SSSR count). The third kappa shape index (κ3) is 14.4. The molecule has 0 spiro atoms. The molecule has 0 aliphatic heterocycles. The Kier molecular flexibility index (Phi) is 17.1. The maximum atomic E-state index is 12.0. The average molecular weight is 367 g/mol. The van der Waals surface area contributed by atoms with Gasteiger partial charge in [0.05, 0.1) is 6.61 Å². The van der Waals surface area contributed by atoms with Crippen LogP contribution in [0.4, 0.5) is 0 Å². The molecule has 26 heavy (non-hydrogen) atoms. The van der Waals surface area contributed by atoms with E-state index in [0.717, 1.165) is 30.3 Å². The Balaban J connectivity index is 3.64. The zero-order chi connectivity index (χ0) is 19.6. The molecule has 0 saturated heterocycles. The lowest BCUT2D eigenvalue weighted by atomic mass is 9.88. The van der Waals surface area contributed by atoms with Crippen LogP contribution in [-0.2, 0) is 9.53 Å². The lowest BCUT2D eigenvalue weighted by Gasteiger charge is -2.18. The van der Waals surface area contributed by atoms with Gasteiger partial charge in [-0.3, -0.25) is 0 Å². The standard InChI is InChI=1S/C24H46O2/c1-6-8-9-10-11-12-13-17-20-26-24(25)22(5)18-15-14-16-19-23(7-2)21(3)4/h18,21,23H,6-17,19-20H2,1-5H3/b22-18+. The predicted octanol–water partition coefficient (Wildman–Crippen LogP) is 7.86. The molecule has 0 saturated carbocycles. The van der Waals surface area contributed by atoms with Crippen LogP contribution in [0.25, 0.3) is 0 Å². The van der Waals surface area contributed by atoms with Gasteiger partial charge in [0, 0.05) is 5.57 Å². The molecule has 0 aliphatic carbocycles. The van der Waals surface area contributed by atoms with Crippen LogP contribution in [0.2, 0.25) is 0 Å². The molecule has 0 aromatic rings. The summed E-state index contributed by atoms with van der Waals surface area (Å²) in [5, 5.41) is 0. The highest BCUT2D eigenvalue weighted by Crippen LogP contribution is 2.22. The Morgan fingerprint density at radius 1 is 0.885 bits per heavy atom. The van der Waals surface area contributed by atoms with E-state index < -0.39 is 0 Å². The Bertz CT molecular complexity index is 357. The van der Waals surface area contributed by atoms with Gasteiger partial charge in [0.2, 0.25) is 0 Å². The third-order valence-corrected chi connectivity index (χ3v) is 5.50. The first-order valence-electron chi connectivity index (χ1n) is 11.4. The van der Waals surface area contributed by atoms with Crippen molar-refractivity contribution in [1.29, 1.82) is 0 Å². The summed E-state index contributed by atoms with van der Waals surface area (Å²) in [6.45, 7) is 11.6. The van der Waals surface area contributed by atoms with Gasteiger partial charge in [-0.2, -0.15) is 0 Å². The summed E-state index contributed by atoms with van der Waals surface area (Å²) in [6, 6.07) is 0. The van der Waals surface area contributed by atoms with Crippen molar-refractivity contribution < 1.29 is 9.53 Å². The van der Waals surface area contributed by atoms with Crippen LogP contribution in [0.1, 0.15) is 118 Å². The lowest BCUT2D eigenvalue weighted by Crippen LogP contribution is -2.07. The number of ether oxygens (including phenoxy) is 1. The predicted molar refractivity (Wildman–Crippen MR) is 114 cm³/mol. The molecule has 0 aliphatic rings. The van der Waals surface area contributed by atoms with Crippen LogP contribution in [0.3, 0.4) is 0 Å². The highest BCUT2D eigenvalue weighted by Gasteiger charge is 2.10. The van der Waals surface area contributed by atoms with Crippen molar-refractivity contribution >= 4 is 5.97 Å². The summed E-state index contributed by atoms with van der Waals surface area (Å²) in [7, 11) is 0. The summed E-state index contributed by atoms with van der Waals surface area (Å²) >= 11 is 0. The van der Waals surface area contributed by atoms with Crippen molar-refractivity contribution in [2.24, 2.45) is 11.8 Å². The molecule has 2 nitrogen and oxygen atoms in total. The number of rotatable bonds is 17. The van der Waals surface area contributed by atoms with Crippen LogP contribution in [0, 0.1) is 11.8 Å². The number of carbonyl (C=O) groups is 1. The van der Waals surface area contributed by atoms with Gasteiger partial charge < -0.3 is 4.74 Å². The number of carbonyl (C=O) groups excluding carboxylic acids is 1. The molecule has 1 unspecified atom stereocenters. The molecular weight excluding hydrogens is 320 g/mol. The molecule has 0 radical (unpaired) electrons. The van der Waals surface area contributed by atoms with Crippen molar-refractivity contribution in [3.63, 3.8) is 0 Å². The zero-order valence-electron chi connectivity index (χ0n) is 18.4. The Morgan fingerprint density at radius 2 is 1.50 bits per heavy atom. The molecule has 154 valence electrons. The van der Waals surface area contributed by atoms with Gasteiger partial charge in [-0.05, 0) is 38.0 Å². The van der Waals surface area contributed by atoms with Gasteiger partial charge in [-0.1, -0.05) is 98.0 Å². The maximum absolute atomic E-state index is 12.0. The molecule has 0 fully saturated rings. The van der Waals surface area contributed by atoms with E-state index in [4.69, 9.17) is 4.74 Å². The van der Waals surface area contributed by atoms with Crippen molar-refractivity contribution in [3.05, 3.63) is 11.6 Å². The smallest absolute Gasteiger partial charge is 0.333 e. The molecular formula is C24H46O2. The Labute approximate surface area is 164 Å². The van der Waals surface area contributed by atoms with Crippen LogP contribution < -0.4 is 0 Å². The largest absolute Gasteiger partial charge is 0.462 e. The van der Waals surface area contributed by atoms with Gasteiger partial charge in [0.15, 0.2) is 0 Å². The normalized spacial score (nSPS) is 13.2. The summed E-state index contributed by atoms with van der Waals surface area (Å²) in [6.07, 6.45) is 18.2. The monoisotopic (exact) mass is 366 g/mol. The summed E-state index contributed by atoms with van der Waals surface area (Å²) in [5.74, 6) is 1.50. The van der Waals surface area contributed by atoms with Crippen LogP contribution in [-0.4, -0.2) is 12.6 Å². The fourth-order valence-corrected chi connectivity index (χ4v) is 3.48. The van der Waals surface area contributed by atoms with Gasteiger partial charge in [-0.25, -0.2) is 4.79 Å². The first-order chi connectivity index (χ1) is 12.5. The fourth-order valence-electron chi connectivity index (χ4n) is 3.48.